The van der Waals surface area contributed by atoms with Crippen LogP contribution in [-0.2, 0) is 4.74 Å². The summed E-state index contributed by atoms with van der Waals surface area (Å²) in [5, 5.41) is 0. The number of esters is 1. The number of hydrogen-bond acceptors (Lipinski definition) is 4. The number of ether oxygens (including phenoxy) is 1. The van der Waals surface area contributed by atoms with Crippen LogP contribution in [-0.4, -0.2) is 17.6 Å². The van der Waals surface area contributed by atoms with E-state index in [0.717, 1.165) is 0 Å². The molecule has 0 aliphatic carbocycles. The van der Waals surface area contributed by atoms with Gasteiger partial charge in [-0.05, 0) is 38.1 Å². The Balaban J connectivity index is 2.23. The van der Waals surface area contributed by atoms with Gasteiger partial charge in [0.25, 0.3) is 0 Å². The van der Waals surface area contributed by atoms with Gasteiger partial charge in [0.05, 0.1) is 36.0 Å². The van der Waals surface area contributed by atoms with E-state index in [4.69, 9.17) is 13.6 Å². The fourth-order valence-electron chi connectivity index (χ4n) is 2.36. The summed E-state index contributed by atoms with van der Waals surface area (Å²) in [5.74, 6) is 0.851. The molecule has 0 aromatic carbocycles. The van der Waals surface area contributed by atoms with Crippen molar-refractivity contribution in [1.29, 1.82) is 0 Å². The molecule has 0 saturated carbocycles. The second kappa shape index (κ2) is 5.36. The van der Waals surface area contributed by atoms with Gasteiger partial charge in [-0.1, -0.05) is 0 Å². The van der Waals surface area contributed by atoms with E-state index < -0.39 is 0 Å². The largest absolute Gasteiger partial charge is 0.464 e. The minimum atomic E-state index is -0.379. The van der Waals surface area contributed by atoms with E-state index in [1.165, 1.54) is 0 Å². The third-order valence-electron chi connectivity index (χ3n) is 3.20. The molecule has 5 nitrogen and oxygen atoms in total. The maximum atomic E-state index is 12.2. The Morgan fingerprint density at radius 1 is 1.19 bits per heavy atom. The van der Waals surface area contributed by atoms with E-state index in [1.807, 2.05) is 13.0 Å². The predicted molar refractivity (Wildman–Crippen MR) is 76.9 cm³/mol. The predicted octanol–water partition coefficient (Wildman–Crippen LogP) is 4.02. The third kappa shape index (κ3) is 2.27. The Morgan fingerprint density at radius 2 is 1.86 bits per heavy atom. The molecule has 21 heavy (non-hydrogen) atoms. The van der Waals surface area contributed by atoms with Crippen LogP contribution in [0.1, 0.15) is 23.0 Å². The molecule has 0 aliphatic rings. The van der Waals surface area contributed by atoms with E-state index in [9.17, 15) is 4.79 Å². The smallest absolute Gasteiger partial charge is 0.340 e. The van der Waals surface area contributed by atoms with Crippen LogP contribution in [0.4, 0.5) is 0 Å². The van der Waals surface area contributed by atoms with E-state index in [1.54, 1.807) is 37.6 Å². The normalized spacial score (nSPS) is 10.8. The Bertz CT molecular complexity index is 736. The third-order valence-corrected chi connectivity index (χ3v) is 3.20. The lowest BCUT2D eigenvalue weighted by atomic mass is 10.1. The van der Waals surface area contributed by atoms with E-state index >= 15 is 0 Å². The summed E-state index contributed by atoms with van der Waals surface area (Å²) in [6, 6.07) is 7.20. The molecule has 0 spiro atoms. The van der Waals surface area contributed by atoms with Crippen LogP contribution in [0, 0.1) is 6.92 Å². The SMILES string of the molecule is CCOC(=O)c1c(C)[nH]c(-c2ccco2)c1-c1ccco1. The first-order valence-corrected chi connectivity index (χ1v) is 6.69. The molecule has 3 aromatic rings. The zero-order valence-electron chi connectivity index (χ0n) is 11.8. The molecular formula is C16H15NO4. The molecule has 5 heteroatoms. The number of carbonyl (C=O) groups excluding carboxylic acids is 1. The fourth-order valence-corrected chi connectivity index (χ4v) is 2.36. The Hall–Kier alpha value is -2.69. The van der Waals surface area contributed by atoms with Crippen molar-refractivity contribution in [3.63, 3.8) is 0 Å². The minimum absolute atomic E-state index is 0.317. The zero-order valence-corrected chi connectivity index (χ0v) is 11.8. The van der Waals surface area contributed by atoms with Crippen molar-refractivity contribution < 1.29 is 18.4 Å². The van der Waals surface area contributed by atoms with E-state index in [0.29, 0.717) is 40.6 Å². The molecule has 0 bridgehead atoms. The van der Waals surface area contributed by atoms with E-state index in [-0.39, 0.29) is 5.97 Å². The summed E-state index contributed by atoms with van der Waals surface area (Å²) in [4.78, 5) is 15.4. The highest BCUT2D eigenvalue weighted by Crippen LogP contribution is 2.37. The Kier molecular flexibility index (Phi) is 3.39. The van der Waals surface area contributed by atoms with Crippen molar-refractivity contribution in [3.05, 3.63) is 48.0 Å². The molecule has 0 fully saturated rings. The van der Waals surface area contributed by atoms with Crippen molar-refractivity contribution in [3.8, 4) is 22.8 Å². The number of nitrogens with one attached hydrogen (secondary N) is 1. The topological polar surface area (TPSA) is 68.4 Å². The number of aromatic nitrogens is 1. The molecule has 0 unspecified atom stereocenters. The van der Waals surface area contributed by atoms with Crippen LogP contribution >= 0.6 is 0 Å². The number of furan rings is 2. The second-order valence-corrected chi connectivity index (χ2v) is 4.55. The molecule has 3 rings (SSSR count). The van der Waals surface area contributed by atoms with Crippen LogP contribution in [0.25, 0.3) is 22.8 Å². The van der Waals surface area contributed by atoms with Gasteiger partial charge in [0.2, 0.25) is 0 Å². The average molecular weight is 285 g/mol. The van der Waals surface area contributed by atoms with Crippen molar-refractivity contribution in [2.45, 2.75) is 13.8 Å². The van der Waals surface area contributed by atoms with Crippen molar-refractivity contribution in [2.24, 2.45) is 0 Å². The van der Waals surface area contributed by atoms with Crippen molar-refractivity contribution in [1.82, 2.24) is 4.98 Å². The lowest BCUT2D eigenvalue weighted by Gasteiger charge is -2.04. The summed E-state index contributed by atoms with van der Waals surface area (Å²) >= 11 is 0. The zero-order chi connectivity index (χ0) is 14.8. The van der Waals surface area contributed by atoms with Gasteiger partial charge in [-0.2, -0.15) is 0 Å². The number of carbonyl (C=O) groups is 1. The first kappa shape index (κ1) is 13.3. The number of hydrogen-bond donors (Lipinski definition) is 1. The number of H-pyrrole nitrogens is 1. The first-order chi connectivity index (χ1) is 10.2. The fraction of sp³-hybridized carbons (Fsp3) is 0.188. The molecule has 0 atom stereocenters. The number of aryl methyl sites for hydroxylation is 1. The Morgan fingerprint density at radius 3 is 2.43 bits per heavy atom. The van der Waals surface area contributed by atoms with Crippen LogP contribution in [0.2, 0.25) is 0 Å². The summed E-state index contributed by atoms with van der Waals surface area (Å²) in [6.07, 6.45) is 3.15. The lowest BCUT2D eigenvalue weighted by molar-refractivity contribution is 0.0526. The molecule has 3 heterocycles. The Labute approximate surface area is 121 Å². The van der Waals surface area contributed by atoms with Gasteiger partial charge in [0.15, 0.2) is 5.76 Å². The molecule has 0 radical (unpaired) electrons. The molecule has 108 valence electrons. The monoisotopic (exact) mass is 285 g/mol. The highest BCUT2D eigenvalue weighted by molar-refractivity contribution is 6.02. The van der Waals surface area contributed by atoms with Gasteiger partial charge >= 0.3 is 5.97 Å². The molecular weight excluding hydrogens is 270 g/mol. The van der Waals surface area contributed by atoms with Crippen LogP contribution < -0.4 is 0 Å². The molecule has 3 aromatic heterocycles. The summed E-state index contributed by atoms with van der Waals surface area (Å²) in [6.45, 7) is 3.92. The molecule has 0 amide bonds. The van der Waals surface area contributed by atoms with Gasteiger partial charge in [-0.3, -0.25) is 0 Å². The van der Waals surface area contributed by atoms with Crippen molar-refractivity contribution in [2.75, 3.05) is 6.61 Å². The van der Waals surface area contributed by atoms with Crippen LogP contribution in [0.3, 0.4) is 0 Å². The van der Waals surface area contributed by atoms with Gasteiger partial charge < -0.3 is 18.6 Å². The number of aromatic amines is 1. The molecule has 0 aliphatic heterocycles. The maximum Gasteiger partial charge on any atom is 0.340 e. The standard InChI is InChI=1S/C16H15NO4/c1-3-19-16(18)13-10(2)17-15(12-7-5-9-21-12)14(13)11-6-4-8-20-11/h4-9,17H,3H2,1-2H3. The van der Waals surface area contributed by atoms with Crippen molar-refractivity contribution >= 4 is 5.97 Å². The second-order valence-electron chi connectivity index (χ2n) is 4.55. The summed E-state index contributed by atoms with van der Waals surface area (Å²) < 4.78 is 16.1. The lowest BCUT2D eigenvalue weighted by Crippen LogP contribution is -2.06. The summed E-state index contributed by atoms with van der Waals surface area (Å²) in [5.41, 5.74) is 2.55. The molecule has 1 N–H and O–H groups in total. The van der Waals surface area contributed by atoms with Gasteiger partial charge in [-0.25, -0.2) is 4.79 Å². The van der Waals surface area contributed by atoms with Crippen LogP contribution in [0.5, 0.6) is 0 Å². The first-order valence-electron chi connectivity index (χ1n) is 6.69. The van der Waals surface area contributed by atoms with Gasteiger partial charge in [0, 0.05) is 5.69 Å². The van der Waals surface area contributed by atoms with Gasteiger partial charge in [-0.15, -0.1) is 0 Å². The summed E-state index contributed by atoms with van der Waals surface area (Å²) in [7, 11) is 0. The molecule has 0 saturated heterocycles. The van der Waals surface area contributed by atoms with E-state index in [2.05, 4.69) is 4.98 Å². The highest BCUT2D eigenvalue weighted by atomic mass is 16.5. The van der Waals surface area contributed by atoms with Gasteiger partial charge in [0.1, 0.15) is 5.76 Å². The average Bonchev–Trinajstić information content (AvgIpc) is 3.19. The number of rotatable bonds is 4. The van der Waals surface area contributed by atoms with Crippen LogP contribution in [0.15, 0.2) is 45.6 Å². The maximum absolute atomic E-state index is 12.2. The highest BCUT2D eigenvalue weighted by Gasteiger charge is 2.26. The quantitative estimate of drug-likeness (QED) is 0.735. The minimum Gasteiger partial charge on any atom is -0.464 e.